The van der Waals surface area contributed by atoms with Crippen molar-refractivity contribution in [2.24, 2.45) is 0 Å². The Balaban J connectivity index is 2.66. The van der Waals surface area contributed by atoms with Crippen LogP contribution >= 0.6 is 23.6 Å². The van der Waals surface area contributed by atoms with Gasteiger partial charge < -0.3 is 4.98 Å². The standard InChI is InChI=1S/C11H14N2O3S3/c1-6-7(2)18-9-8(6)10(14)13(11(17)12-9)4-5-19(3,15)16/h4-5H2,1-3H3,(H,12,17). The molecule has 0 unspecified atom stereocenters. The first-order chi connectivity index (χ1) is 8.70. The van der Waals surface area contributed by atoms with Crippen molar-refractivity contribution in [2.45, 2.75) is 20.4 Å². The van der Waals surface area contributed by atoms with Crippen molar-refractivity contribution in [3.8, 4) is 0 Å². The number of nitrogens with one attached hydrogen (secondary N) is 1. The molecule has 1 N–H and O–H groups in total. The summed E-state index contributed by atoms with van der Waals surface area (Å²) >= 11 is 6.61. The number of sulfone groups is 1. The Hall–Kier alpha value is -0.990. The number of aryl methyl sites for hydroxylation is 2. The lowest BCUT2D eigenvalue weighted by Crippen LogP contribution is -2.25. The summed E-state index contributed by atoms with van der Waals surface area (Å²) in [7, 11) is -3.13. The highest BCUT2D eigenvalue weighted by Gasteiger charge is 2.13. The van der Waals surface area contributed by atoms with Crippen molar-refractivity contribution < 1.29 is 8.42 Å². The Morgan fingerprint density at radius 2 is 2.00 bits per heavy atom. The van der Waals surface area contributed by atoms with Crippen LogP contribution in [0.2, 0.25) is 0 Å². The van der Waals surface area contributed by atoms with E-state index in [2.05, 4.69) is 4.98 Å². The molecule has 2 heterocycles. The van der Waals surface area contributed by atoms with E-state index in [9.17, 15) is 13.2 Å². The lowest BCUT2D eigenvalue weighted by molar-refractivity contribution is 0.591. The maximum atomic E-state index is 12.4. The van der Waals surface area contributed by atoms with Gasteiger partial charge in [0, 0.05) is 17.7 Å². The third kappa shape index (κ3) is 2.80. The molecule has 0 bridgehead atoms. The van der Waals surface area contributed by atoms with Crippen molar-refractivity contribution in [3.05, 3.63) is 25.6 Å². The summed E-state index contributed by atoms with van der Waals surface area (Å²) in [5, 5.41) is 0.601. The highest BCUT2D eigenvalue weighted by Crippen LogP contribution is 2.25. The van der Waals surface area contributed by atoms with E-state index in [-0.39, 0.29) is 22.6 Å². The zero-order valence-electron chi connectivity index (χ0n) is 10.8. The van der Waals surface area contributed by atoms with Crippen molar-refractivity contribution in [1.29, 1.82) is 0 Å². The second kappa shape index (κ2) is 4.84. The molecule has 2 aromatic heterocycles. The molecule has 0 aliphatic heterocycles. The van der Waals surface area contributed by atoms with Crippen molar-refractivity contribution in [2.75, 3.05) is 12.0 Å². The minimum Gasteiger partial charge on any atom is -0.323 e. The predicted octanol–water partition coefficient (Wildman–Crippen LogP) is 1.78. The number of aromatic amines is 1. The molecule has 8 heteroatoms. The molecule has 19 heavy (non-hydrogen) atoms. The van der Waals surface area contributed by atoms with Gasteiger partial charge in [0.05, 0.1) is 11.1 Å². The van der Waals surface area contributed by atoms with Crippen LogP contribution in [0.15, 0.2) is 4.79 Å². The van der Waals surface area contributed by atoms with Crippen LogP contribution in [0.25, 0.3) is 10.2 Å². The van der Waals surface area contributed by atoms with E-state index in [0.717, 1.165) is 21.5 Å². The van der Waals surface area contributed by atoms with Gasteiger partial charge in [0.25, 0.3) is 5.56 Å². The third-order valence-electron chi connectivity index (χ3n) is 3.00. The molecule has 0 spiro atoms. The van der Waals surface area contributed by atoms with Crippen LogP contribution in [0.3, 0.4) is 0 Å². The molecule has 0 amide bonds. The van der Waals surface area contributed by atoms with Crippen molar-refractivity contribution in [3.63, 3.8) is 0 Å². The molecule has 0 saturated carbocycles. The zero-order valence-corrected chi connectivity index (χ0v) is 13.3. The van der Waals surface area contributed by atoms with Gasteiger partial charge in [-0.15, -0.1) is 11.3 Å². The number of thiophene rings is 1. The maximum absolute atomic E-state index is 12.4. The second-order valence-corrected chi connectivity index (χ2v) is 8.38. The Morgan fingerprint density at radius 1 is 1.37 bits per heavy atom. The van der Waals surface area contributed by atoms with Crippen molar-refractivity contribution in [1.82, 2.24) is 9.55 Å². The molecular formula is C11H14N2O3S3. The first-order valence-corrected chi connectivity index (χ1v) is 8.90. The SMILES string of the molecule is Cc1sc2[nH]c(=S)n(CCS(C)(=O)=O)c(=O)c2c1C. The van der Waals surface area contributed by atoms with Crippen LogP contribution in [0.4, 0.5) is 0 Å². The fraction of sp³-hybridized carbons (Fsp3) is 0.455. The van der Waals surface area contributed by atoms with Crippen LogP contribution in [0.5, 0.6) is 0 Å². The fourth-order valence-corrected chi connectivity index (χ4v) is 3.73. The molecule has 2 aromatic rings. The van der Waals surface area contributed by atoms with Crippen LogP contribution in [-0.2, 0) is 16.4 Å². The average molecular weight is 318 g/mol. The van der Waals surface area contributed by atoms with Gasteiger partial charge in [-0.2, -0.15) is 0 Å². The number of aromatic nitrogens is 2. The quantitative estimate of drug-likeness (QED) is 0.876. The molecule has 0 aromatic carbocycles. The lowest BCUT2D eigenvalue weighted by Gasteiger charge is -2.05. The molecule has 104 valence electrons. The summed E-state index contributed by atoms with van der Waals surface area (Å²) in [6.45, 7) is 3.90. The summed E-state index contributed by atoms with van der Waals surface area (Å²) in [6.07, 6.45) is 1.14. The molecule has 0 radical (unpaired) electrons. The summed E-state index contributed by atoms with van der Waals surface area (Å²) in [5.41, 5.74) is 0.702. The lowest BCUT2D eigenvalue weighted by atomic mass is 10.2. The number of rotatable bonds is 3. The Morgan fingerprint density at radius 3 is 2.58 bits per heavy atom. The predicted molar refractivity (Wildman–Crippen MR) is 80.5 cm³/mol. The third-order valence-corrected chi connectivity index (χ3v) is 5.36. The van der Waals surface area contributed by atoms with Crippen LogP contribution in [0.1, 0.15) is 10.4 Å². The number of nitrogens with zero attached hydrogens (tertiary/aromatic N) is 1. The van der Waals surface area contributed by atoms with Gasteiger partial charge in [0.1, 0.15) is 14.7 Å². The van der Waals surface area contributed by atoms with Gasteiger partial charge in [0.15, 0.2) is 4.77 Å². The minimum absolute atomic E-state index is 0.0806. The zero-order chi connectivity index (χ0) is 14.4. The second-order valence-electron chi connectivity index (χ2n) is 4.50. The summed E-state index contributed by atoms with van der Waals surface area (Å²) in [4.78, 5) is 17.2. The molecule has 0 aliphatic rings. The number of hydrogen-bond acceptors (Lipinski definition) is 5. The van der Waals surface area contributed by atoms with Gasteiger partial charge >= 0.3 is 0 Å². The minimum atomic E-state index is -3.13. The first kappa shape index (κ1) is 14.4. The molecule has 0 saturated heterocycles. The van der Waals surface area contributed by atoms with Crippen LogP contribution in [0, 0.1) is 18.6 Å². The summed E-state index contributed by atoms with van der Waals surface area (Å²) in [5.74, 6) is -0.0991. The monoisotopic (exact) mass is 318 g/mol. The Labute approximate surface area is 119 Å². The summed E-state index contributed by atoms with van der Waals surface area (Å²) < 4.78 is 24.0. The Kier molecular flexibility index (Phi) is 3.67. The Bertz CT molecular complexity index is 856. The van der Waals surface area contributed by atoms with E-state index in [4.69, 9.17) is 12.2 Å². The normalized spacial score (nSPS) is 12.2. The largest absolute Gasteiger partial charge is 0.323 e. The van der Waals surface area contributed by atoms with E-state index in [0.29, 0.717) is 5.39 Å². The van der Waals surface area contributed by atoms with E-state index in [1.54, 1.807) is 0 Å². The maximum Gasteiger partial charge on any atom is 0.263 e. The molecular weight excluding hydrogens is 304 g/mol. The number of H-pyrrole nitrogens is 1. The van der Waals surface area contributed by atoms with E-state index in [1.165, 1.54) is 15.9 Å². The van der Waals surface area contributed by atoms with Crippen molar-refractivity contribution >= 4 is 43.6 Å². The molecule has 5 nitrogen and oxygen atoms in total. The molecule has 0 fully saturated rings. The number of hydrogen-bond donors (Lipinski definition) is 1. The van der Waals surface area contributed by atoms with Gasteiger partial charge in [-0.05, 0) is 31.6 Å². The topological polar surface area (TPSA) is 71.9 Å². The van der Waals surface area contributed by atoms with Gasteiger partial charge in [-0.3, -0.25) is 9.36 Å². The first-order valence-electron chi connectivity index (χ1n) is 5.61. The summed E-state index contributed by atoms with van der Waals surface area (Å²) in [6, 6.07) is 0. The van der Waals surface area contributed by atoms with Gasteiger partial charge in [-0.25, -0.2) is 8.42 Å². The van der Waals surface area contributed by atoms with Gasteiger partial charge in [-0.1, -0.05) is 0 Å². The molecule has 0 atom stereocenters. The van der Waals surface area contributed by atoms with Crippen LogP contribution in [-0.4, -0.2) is 30.0 Å². The van der Waals surface area contributed by atoms with E-state index >= 15 is 0 Å². The molecule has 2 rings (SSSR count). The van der Waals surface area contributed by atoms with E-state index in [1.807, 2.05) is 13.8 Å². The van der Waals surface area contributed by atoms with Gasteiger partial charge in [0.2, 0.25) is 0 Å². The number of fused-ring (bicyclic) bond motifs is 1. The highest BCUT2D eigenvalue weighted by atomic mass is 32.2. The average Bonchev–Trinajstić information content (AvgIpc) is 2.52. The van der Waals surface area contributed by atoms with Crippen LogP contribution < -0.4 is 5.56 Å². The molecule has 0 aliphatic carbocycles. The highest BCUT2D eigenvalue weighted by molar-refractivity contribution is 7.90. The fourth-order valence-electron chi connectivity index (χ4n) is 1.82. The van der Waals surface area contributed by atoms with E-state index < -0.39 is 9.84 Å². The smallest absolute Gasteiger partial charge is 0.263 e.